The summed E-state index contributed by atoms with van der Waals surface area (Å²) < 4.78 is 1.75. The molecule has 0 saturated carbocycles. The van der Waals surface area contributed by atoms with Crippen molar-refractivity contribution in [3.05, 3.63) is 55.9 Å². The first-order valence-corrected chi connectivity index (χ1v) is 11.3. The third-order valence-electron chi connectivity index (χ3n) is 6.72. The van der Waals surface area contributed by atoms with Crippen molar-refractivity contribution >= 4 is 23.0 Å². The Bertz CT molecular complexity index is 1330. The second-order valence-corrected chi connectivity index (χ2v) is 9.87. The third-order valence-corrected chi connectivity index (χ3v) is 6.72. The first-order valence-electron chi connectivity index (χ1n) is 11.3. The molecule has 4 rings (SSSR count). The van der Waals surface area contributed by atoms with Crippen molar-refractivity contribution in [3.63, 3.8) is 0 Å². The number of nitrogens with zero attached hydrogens (tertiary/aromatic N) is 4. The van der Waals surface area contributed by atoms with Gasteiger partial charge in [-0.1, -0.05) is 13.8 Å². The van der Waals surface area contributed by atoms with Crippen molar-refractivity contribution in [2.75, 3.05) is 17.7 Å². The molecule has 0 radical (unpaired) electrons. The minimum atomic E-state index is -0.689. The minimum Gasteiger partial charge on any atom is -0.504 e. The average molecular weight is 467 g/mol. The maximum Gasteiger partial charge on any atom is 0.276 e. The van der Waals surface area contributed by atoms with Gasteiger partial charge < -0.3 is 20.6 Å². The molecule has 0 aliphatic heterocycles. The fourth-order valence-corrected chi connectivity index (χ4v) is 4.31. The number of carbonyl (C=O) groups is 1. The van der Waals surface area contributed by atoms with Crippen LogP contribution in [-0.4, -0.2) is 43.8 Å². The maximum absolute atomic E-state index is 12.7. The molecule has 3 aromatic rings. The number of anilines is 3. The van der Waals surface area contributed by atoms with Gasteiger partial charge in [-0.2, -0.15) is 5.10 Å². The number of nitrogens with one attached hydrogen (secondary N) is 2. The standard InChI is InChI=1S/C24H30N6O4/c1-12(2)30(6)23(34)18-19(31)15(8-10-25-18)26-16-17(21(33)20(16)32)27-22-13-11-29(5)28-14(13)7-9-24(22,3)4/h8,10-12,22,27,31H,7,9H2,1-6H3,(H,25,26). The van der Waals surface area contributed by atoms with Crippen LogP contribution in [-0.2, 0) is 13.5 Å². The van der Waals surface area contributed by atoms with Crippen LogP contribution in [0, 0.1) is 5.41 Å². The molecule has 2 heterocycles. The van der Waals surface area contributed by atoms with Gasteiger partial charge in [-0.05, 0) is 38.2 Å². The van der Waals surface area contributed by atoms with E-state index >= 15 is 0 Å². The van der Waals surface area contributed by atoms with Crippen molar-refractivity contribution in [2.24, 2.45) is 12.5 Å². The molecule has 0 saturated heterocycles. The molecule has 34 heavy (non-hydrogen) atoms. The molecule has 1 aliphatic rings. The van der Waals surface area contributed by atoms with Gasteiger partial charge in [-0.25, -0.2) is 4.98 Å². The Hall–Kier alpha value is -3.69. The SMILES string of the molecule is CC(C)N(C)C(=O)c1nccc(Nc2c(NC3c4cn(C)nc4CCC3(C)C)c(=O)c2=O)c1O. The summed E-state index contributed by atoms with van der Waals surface area (Å²) in [5.41, 5.74) is 0.651. The van der Waals surface area contributed by atoms with E-state index in [1.54, 1.807) is 11.7 Å². The van der Waals surface area contributed by atoms with Crippen molar-refractivity contribution in [1.29, 1.82) is 0 Å². The van der Waals surface area contributed by atoms with Crippen LogP contribution >= 0.6 is 0 Å². The highest BCUT2D eigenvalue weighted by atomic mass is 16.3. The van der Waals surface area contributed by atoms with Crippen LogP contribution in [0.2, 0.25) is 0 Å². The Labute approximate surface area is 197 Å². The summed E-state index contributed by atoms with van der Waals surface area (Å²) in [5.74, 6) is -0.834. The van der Waals surface area contributed by atoms with E-state index in [0.717, 1.165) is 24.1 Å². The molecule has 1 aromatic carbocycles. The minimum absolute atomic E-state index is 0.0499. The number of fused-ring (bicyclic) bond motifs is 1. The van der Waals surface area contributed by atoms with Crippen LogP contribution in [0.3, 0.4) is 0 Å². The molecule has 2 aromatic heterocycles. The third kappa shape index (κ3) is 3.82. The molecular weight excluding hydrogens is 436 g/mol. The number of hydrogen-bond donors (Lipinski definition) is 3. The van der Waals surface area contributed by atoms with E-state index in [1.807, 2.05) is 27.1 Å². The Morgan fingerprint density at radius 3 is 2.62 bits per heavy atom. The Balaban J connectivity index is 1.66. The van der Waals surface area contributed by atoms with Gasteiger partial charge in [0, 0.05) is 38.1 Å². The quantitative estimate of drug-likeness (QED) is 0.473. The van der Waals surface area contributed by atoms with E-state index < -0.39 is 16.8 Å². The Kier molecular flexibility index (Phi) is 5.71. The summed E-state index contributed by atoms with van der Waals surface area (Å²) >= 11 is 0. The number of amides is 1. The first-order chi connectivity index (χ1) is 15.9. The fraction of sp³-hybridized carbons (Fsp3) is 0.458. The molecule has 1 atom stereocenters. The van der Waals surface area contributed by atoms with E-state index in [4.69, 9.17) is 0 Å². The predicted molar refractivity (Wildman–Crippen MR) is 129 cm³/mol. The van der Waals surface area contributed by atoms with Crippen molar-refractivity contribution in [3.8, 4) is 5.75 Å². The lowest BCUT2D eigenvalue weighted by molar-refractivity contribution is 0.0746. The summed E-state index contributed by atoms with van der Waals surface area (Å²) in [6, 6.07) is 1.13. The molecule has 1 unspecified atom stereocenters. The summed E-state index contributed by atoms with van der Waals surface area (Å²) in [6.07, 6.45) is 5.01. The number of hydrogen-bond acceptors (Lipinski definition) is 8. The van der Waals surface area contributed by atoms with Gasteiger partial charge in [-0.3, -0.25) is 19.1 Å². The molecule has 0 fully saturated rings. The number of aromatic nitrogens is 3. The average Bonchev–Trinajstić information content (AvgIpc) is 3.17. The second-order valence-electron chi connectivity index (χ2n) is 9.87. The van der Waals surface area contributed by atoms with E-state index in [0.29, 0.717) is 0 Å². The lowest BCUT2D eigenvalue weighted by Crippen LogP contribution is -2.41. The van der Waals surface area contributed by atoms with Gasteiger partial charge in [0.05, 0.1) is 17.4 Å². The normalized spacial score (nSPS) is 17.0. The Morgan fingerprint density at radius 1 is 1.26 bits per heavy atom. The van der Waals surface area contributed by atoms with Gasteiger partial charge in [-0.15, -0.1) is 0 Å². The van der Waals surface area contributed by atoms with Gasteiger partial charge in [0.15, 0.2) is 11.4 Å². The number of carbonyl (C=O) groups excluding carboxylic acids is 1. The molecule has 10 nitrogen and oxygen atoms in total. The fourth-order valence-electron chi connectivity index (χ4n) is 4.31. The van der Waals surface area contributed by atoms with Crippen LogP contribution < -0.4 is 21.5 Å². The molecule has 1 amide bonds. The number of pyridine rings is 1. The zero-order valence-electron chi connectivity index (χ0n) is 20.3. The summed E-state index contributed by atoms with van der Waals surface area (Å²) in [6.45, 7) is 7.91. The van der Waals surface area contributed by atoms with E-state index in [9.17, 15) is 19.5 Å². The van der Waals surface area contributed by atoms with Crippen LogP contribution in [0.1, 0.15) is 61.9 Å². The molecule has 3 N–H and O–H groups in total. The monoisotopic (exact) mass is 466 g/mol. The van der Waals surface area contributed by atoms with Gasteiger partial charge in [0.2, 0.25) is 0 Å². The number of aromatic hydroxyl groups is 1. The lowest BCUT2D eigenvalue weighted by atomic mass is 9.72. The molecular formula is C24H30N6O4. The summed E-state index contributed by atoms with van der Waals surface area (Å²) in [5, 5.41) is 21.4. The van der Waals surface area contributed by atoms with E-state index in [2.05, 4.69) is 34.6 Å². The van der Waals surface area contributed by atoms with Crippen LogP contribution in [0.5, 0.6) is 5.75 Å². The molecule has 1 aliphatic carbocycles. The second kappa shape index (κ2) is 8.27. The highest BCUT2D eigenvalue weighted by Gasteiger charge is 2.39. The number of rotatable bonds is 6. The first kappa shape index (κ1) is 23.5. The largest absolute Gasteiger partial charge is 0.504 e. The Morgan fingerprint density at radius 2 is 1.94 bits per heavy atom. The van der Waals surface area contributed by atoms with E-state index in [1.165, 1.54) is 17.2 Å². The van der Waals surface area contributed by atoms with Crippen LogP contribution in [0.25, 0.3) is 0 Å². The van der Waals surface area contributed by atoms with Crippen molar-refractivity contribution < 1.29 is 9.90 Å². The zero-order chi connectivity index (χ0) is 24.9. The number of aryl methyl sites for hydroxylation is 2. The highest BCUT2D eigenvalue weighted by Crippen LogP contribution is 2.45. The van der Waals surface area contributed by atoms with Crippen molar-refractivity contribution in [1.82, 2.24) is 19.7 Å². The topological polar surface area (TPSA) is 129 Å². The van der Waals surface area contributed by atoms with Crippen LogP contribution in [0.4, 0.5) is 17.1 Å². The summed E-state index contributed by atoms with van der Waals surface area (Å²) in [4.78, 5) is 43.1. The van der Waals surface area contributed by atoms with E-state index in [-0.39, 0.29) is 46.0 Å². The molecule has 0 bridgehead atoms. The highest BCUT2D eigenvalue weighted by molar-refractivity contribution is 5.97. The lowest BCUT2D eigenvalue weighted by Gasteiger charge is -2.39. The maximum atomic E-state index is 12.7. The molecule has 180 valence electrons. The van der Waals surface area contributed by atoms with Gasteiger partial charge >= 0.3 is 0 Å². The van der Waals surface area contributed by atoms with Crippen LogP contribution in [0.15, 0.2) is 28.0 Å². The zero-order valence-corrected chi connectivity index (χ0v) is 20.3. The molecule has 0 spiro atoms. The predicted octanol–water partition coefficient (Wildman–Crippen LogP) is 2.47. The smallest absolute Gasteiger partial charge is 0.276 e. The van der Waals surface area contributed by atoms with Crippen molar-refractivity contribution in [2.45, 2.75) is 52.6 Å². The van der Waals surface area contributed by atoms with Gasteiger partial charge in [0.1, 0.15) is 11.4 Å². The van der Waals surface area contributed by atoms with Gasteiger partial charge in [0.25, 0.3) is 16.8 Å². The summed E-state index contributed by atoms with van der Waals surface area (Å²) in [7, 11) is 3.47. The molecule has 10 heteroatoms.